The first-order valence-electron chi connectivity index (χ1n) is 8.84. The van der Waals surface area contributed by atoms with Crippen molar-refractivity contribution in [1.29, 1.82) is 0 Å². The van der Waals surface area contributed by atoms with Crippen LogP contribution in [0.5, 0.6) is 11.5 Å². The first kappa shape index (κ1) is 19.9. The van der Waals surface area contributed by atoms with Gasteiger partial charge in [-0.25, -0.2) is 13.6 Å². The Morgan fingerprint density at radius 2 is 2.00 bits per heavy atom. The number of rotatable bonds is 6. The summed E-state index contributed by atoms with van der Waals surface area (Å²) in [5.74, 6) is -0.656. The highest BCUT2D eigenvalue weighted by molar-refractivity contribution is 5.87. The lowest BCUT2D eigenvalue weighted by Gasteiger charge is -2.33. The van der Waals surface area contributed by atoms with Crippen molar-refractivity contribution in [2.75, 3.05) is 13.7 Å². The van der Waals surface area contributed by atoms with Crippen LogP contribution in [0.4, 0.5) is 8.78 Å². The molecule has 0 spiro atoms. The van der Waals surface area contributed by atoms with Crippen molar-refractivity contribution < 1.29 is 28.2 Å². The minimum atomic E-state index is -2.61. The van der Waals surface area contributed by atoms with Crippen LogP contribution >= 0.6 is 0 Å². The Kier molecular flexibility index (Phi) is 5.40. The number of pyridine rings is 1. The maximum absolute atomic E-state index is 12.6. The van der Waals surface area contributed by atoms with E-state index in [0.29, 0.717) is 17.7 Å². The van der Waals surface area contributed by atoms with Crippen molar-refractivity contribution >= 4 is 5.97 Å². The molecule has 28 heavy (non-hydrogen) atoms. The Bertz CT molecular complexity index is 968. The summed E-state index contributed by atoms with van der Waals surface area (Å²) < 4.78 is 37.4. The quantitative estimate of drug-likeness (QED) is 0.811. The molecule has 0 aliphatic carbocycles. The van der Waals surface area contributed by atoms with E-state index in [0.717, 1.165) is 5.56 Å². The van der Waals surface area contributed by atoms with Crippen molar-refractivity contribution in [2.45, 2.75) is 32.7 Å². The summed E-state index contributed by atoms with van der Waals surface area (Å²) in [6.45, 7) is 3.24. The highest BCUT2D eigenvalue weighted by Gasteiger charge is 2.29. The number of ether oxygens (including phenoxy) is 2. The Morgan fingerprint density at radius 3 is 2.57 bits per heavy atom. The summed E-state index contributed by atoms with van der Waals surface area (Å²) in [6, 6.07) is 4.50. The molecule has 1 unspecified atom stereocenters. The van der Waals surface area contributed by atoms with Crippen LogP contribution in [0.2, 0.25) is 0 Å². The lowest BCUT2D eigenvalue weighted by molar-refractivity contribution is 0.0694. The number of carboxylic acids is 1. The van der Waals surface area contributed by atoms with Gasteiger partial charge in [-0.15, -0.1) is 0 Å². The van der Waals surface area contributed by atoms with Gasteiger partial charge in [0, 0.05) is 23.9 Å². The van der Waals surface area contributed by atoms with Crippen LogP contribution in [0, 0.1) is 5.92 Å². The standard InChI is InChI=1S/C20H21F2NO5/c1-10(2)14-4-11-5-18(28-9-19(21)22)17(27-3)6-12(11)15-7-16(24)13(20(25)26)8-23(14)15/h5-8,10,14,19H,4,9H2,1-3H3,(H,25,26). The molecule has 1 N–H and O–H groups in total. The number of halogens is 2. The van der Waals surface area contributed by atoms with Crippen LogP contribution in [0.1, 0.15) is 35.8 Å². The zero-order valence-electron chi connectivity index (χ0n) is 15.7. The van der Waals surface area contributed by atoms with Crippen LogP contribution < -0.4 is 14.9 Å². The van der Waals surface area contributed by atoms with Crippen LogP contribution in [-0.4, -0.2) is 35.8 Å². The average molecular weight is 393 g/mol. The van der Waals surface area contributed by atoms with E-state index in [1.807, 2.05) is 13.8 Å². The molecule has 2 heterocycles. The normalized spacial score (nSPS) is 15.3. The third-order valence-electron chi connectivity index (χ3n) is 4.90. The maximum Gasteiger partial charge on any atom is 0.341 e. The Morgan fingerprint density at radius 1 is 1.29 bits per heavy atom. The molecule has 1 aromatic heterocycles. The second kappa shape index (κ2) is 7.61. The molecule has 1 aliphatic heterocycles. The predicted octanol–water partition coefficient (Wildman–Crippen LogP) is 3.62. The fraction of sp³-hybridized carbons (Fsp3) is 0.400. The van der Waals surface area contributed by atoms with Gasteiger partial charge in [0.05, 0.1) is 12.8 Å². The number of carboxylic acid groups (broad SMARTS) is 1. The number of benzene rings is 1. The molecule has 6 nitrogen and oxygen atoms in total. The lowest BCUT2D eigenvalue weighted by Crippen LogP contribution is -2.28. The molecule has 1 atom stereocenters. The minimum Gasteiger partial charge on any atom is -0.493 e. The van der Waals surface area contributed by atoms with Crippen molar-refractivity contribution in [3.8, 4) is 22.8 Å². The van der Waals surface area contributed by atoms with E-state index in [1.54, 1.807) is 16.7 Å². The number of hydrogen-bond donors (Lipinski definition) is 1. The van der Waals surface area contributed by atoms with Gasteiger partial charge in [-0.1, -0.05) is 13.8 Å². The Balaban J connectivity index is 2.20. The van der Waals surface area contributed by atoms with E-state index in [9.17, 15) is 23.5 Å². The third-order valence-corrected chi connectivity index (χ3v) is 4.90. The van der Waals surface area contributed by atoms with E-state index in [1.165, 1.54) is 19.4 Å². The monoisotopic (exact) mass is 393 g/mol. The molecule has 0 amide bonds. The number of aromatic carboxylic acids is 1. The van der Waals surface area contributed by atoms with Gasteiger partial charge in [0.2, 0.25) is 0 Å². The summed E-state index contributed by atoms with van der Waals surface area (Å²) in [5.41, 5.74) is 1.19. The van der Waals surface area contributed by atoms with E-state index >= 15 is 0 Å². The molecule has 1 aromatic carbocycles. The van der Waals surface area contributed by atoms with Gasteiger partial charge in [0.25, 0.3) is 6.43 Å². The Hall–Kier alpha value is -2.90. The predicted molar refractivity (Wildman–Crippen MR) is 98.7 cm³/mol. The van der Waals surface area contributed by atoms with Gasteiger partial charge in [0.1, 0.15) is 12.2 Å². The number of alkyl halides is 2. The molecule has 150 valence electrons. The number of methoxy groups -OCH3 is 1. The third kappa shape index (κ3) is 3.58. The van der Waals surface area contributed by atoms with Gasteiger partial charge >= 0.3 is 5.97 Å². The summed E-state index contributed by atoms with van der Waals surface area (Å²) in [7, 11) is 1.40. The second-order valence-corrected chi connectivity index (χ2v) is 7.03. The molecule has 0 radical (unpaired) electrons. The number of hydrogen-bond acceptors (Lipinski definition) is 4. The van der Waals surface area contributed by atoms with Gasteiger partial charge in [-0.05, 0) is 30.0 Å². The van der Waals surface area contributed by atoms with Crippen LogP contribution in [-0.2, 0) is 6.42 Å². The van der Waals surface area contributed by atoms with Gasteiger partial charge in [0.15, 0.2) is 16.9 Å². The SMILES string of the molecule is COc1cc2c(cc1OCC(F)F)CC(C(C)C)n1cc(C(=O)O)c(=O)cc1-2. The molecule has 0 saturated heterocycles. The van der Waals surface area contributed by atoms with Crippen LogP contribution in [0.15, 0.2) is 29.2 Å². The van der Waals surface area contributed by atoms with Crippen molar-refractivity contribution in [2.24, 2.45) is 5.92 Å². The van der Waals surface area contributed by atoms with E-state index < -0.39 is 24.4 Å². The molecule has 0 bridgehead atoms. The zero-order chi connectivity index (χ0) is 20.6. The highest BCUT2D eigenvalue weighted by Crippen LogP contribution is 2.42. The van der Waals surface area contributed by atoms with Gasteiger partial charge in [-0.2, -0.15) is 0 Å². The van der Waals surface area contributed by atoms with Crippen molar-refractivity contribution in [3.05, 3.63) is 45.7 Å². The molecule has 0 saturated carbocycles. The fourth-order valence-corrected chi connectivity index (χ4v) is 3.52. The number of nitrogens with zero attached hydrogens (tertiary/aromatic N) is 1. The molecule has 0 fully saturated rings. The molecular formula is C20H21F2NO5. The first-order valence-corrected chi connectivity index (χ1v) is 8.84. The smallest absolute Gasteiger partial charge is 0.341 e. The summed E-state index contributed by atoms with van der Waals surface area (Å²) in [5, 5.41) is 9.30. The van der Waals surface area contributed by atoms with Crippen molar-refractivity contribution in [1.82, 2.24) is 4.57 Å². The summed E-state index contributed by atoms with van der Waals surface area (Å²) >= 11 is 0. The number of carbonyl (C=O) groups is 1. The number of aromatic nitrogens is 1. The van der Waals surface area contributed by atoms with Crippen LogP contribution in [0.25, 0.3) is 11.3 Å². The molecule has 1 aliphatic rings. The summed E-state index contributed by atoms with van der Waals surface area (Å²) in [4.78, 5) is 23.7. The van der Waals surface area contributed by atoms with Gasteiger partial charge in [-0.3, -0.25) is 4.79 Å². The zero-order valence-corrected chi connectivity index (χ0v) is 15.7. The first-order chi connectivity index (χ1) is 13.2. The van der Waals surface area contributed by atoms with E-state index in [-0.39, 0.29) is 29.0 Å². The Labute approximate surface area is 160 Å². The fourth-order valence-electron chi connectivity index (χ4n) is 3.52. The van der Waals surface area contributed by atoms with E-state index in [4.69, 9.17) is 9.47 Å². The van der Waals surface area contributed by atoms with Gasteiger partial charge < -0.3 is 19.1 Å². The second-order valence-electron chi connectivity index (χ2n) is 7.03. The molecular weight excluding hydrogens is 372 g/mol. The molecule has 2 aromatic rings. The van der Waals surface area contributed by atoms with Crippen molar-refractivity contribution in [3.63, 3.8) is 0 Å². The van der Waals surface area contributed by atoms with Crippen LogP contribution in [0.3, 0.4) is 0 Å². The molecule has 3 rings (SSSR count). The molecule has 8 heteroatoms. The van der Waals surface area contributed by atoms with E-state index in [2.05, 4.69) is 0 Å². The average Bonchev–Trinajstić information content (AvgIpc) is 2.63. The number of fused-ring (bicyclic) bond motifs is 3. The largest absolute Gasteiger partial charge is 0.493 e. The highest BCUT2D eigenvalue weighted by atomic mass is 19.3. The topological polar surface area (TPSA) is 77.8 Å². The summed E-state index contributed by atoms with van der Waals surface area (Å²) in [6.07, 6.45) is -0.698. The lowest BCUT2D eigenvalue weighted by atomic mass is 9.87. The maximum atomic E-state index is 12.6. The minimum absolute atomic E-state index is 0.0995.